The predicted molar refractivity (Wildman–Crippen MR) is 174 cm³/mol. The molecule has 0 aliphatic carbocycles. The summed E-state index contributed by atoms with van der Waals surface area (Å²) >= 11 is 0. The van der Waals surface area contributed by atoms with Gasteiger partial charge < -0.3 is 29.2 Å². The van der Waals surface area contributed by atoms with E-state index in [0.717, 1.165) is 55.0 Å². The minimum absolute atomic E-state index is 0.0753. The van der Waals surface area contributed by atoms with Gasteiger partial charge in [-0.05, 0) is 122 Å². The van der Waals surface area contributed by atoms with Gasteiger partial charge in [0, 0.05) is 25.2 Å². The highest BCUT2D eigenvalue weighted by atomic mass is 16.5. The first-order chi connectivity index (χ1) is 21.8. The number of aromatic hydroxyl groups is 2. The molecule has 2 N–H and O–H groups in total. The number of nitrogens with zero attached hydrogens (tertiary/aromatic N) is 2. The summed E-state index contributed by atoms with van der Waals surface area (Å²) in [7, 11) is 9.19. The number of methoxy groups -OCH3 is 3. The molecule has 45 heavy (non-hydrogen) atoms. The molecule has 0 aromatic heterocycles. The third-order valence-electron chi connectivity index (χ3n) is 9.37. The molecule has 0 fully saturated rings. The third-order valence-corrected chi connectivity index (χ3v) is 9.37. The van der Waals surface area contributed by atoms with Crippen molar-refractivity contribution >= 4 is 0 Å². The topological polar surface area (TPSA) is 83.9 Å². The van der Waals surface area contributed by atoms with Crippen molar-refractivity contribution in [3.63, 3.8) is 0 Å². The largest absolute Gasteiger partial charge is 0.504 e. The summed E-state index contributed by atoms with van der Waals surface area (Å²) < 4.78 is 22.7. The van der Waals surface area contributed by atoms with E-state index >= 15 is 0 Å². The summed E-state index contributed by atoms with van der Waals surface area (Å²) in [5, 5.41) is 21.2. The first-order valence-corrected chi connectivity index (χ1v) is 15.4. The Bertz CT molecular complexity index is 1670. The number of benzene rings is 4. The molecular weight excluding hydrogens is 568 g/mol. The minimum Gasteiger partial charge on any atom is -0.504 e. The summed E-state index contributed by atoms with van der Waals surface area (Å²) in [4.78, 5) is 4.69. The first-order valence-electron chi connectivity index (χ1n) is 15.4. The Balaban J connectivity index is 1.18. The molecule has 0 spiro atoms. The van der Waals surface area contributed by atoms with Crippen molar-refractivity contribution in [2.75, 3.05) is 48.5 Å². The van der Waals surface area contributed by atoms with E-state index in [4.69, 9.17) is 18.9 Å². The molecule has 2 aliphatic heterocycles. The standard InChI is InChI=1S/C37H42N2O6/c1-38-15-13-26-20-36(43-4)37(44-5)22-29(26)30(38)16-23-6-9-27(10-7-23)45-35-18-24(8-11-32(35)40)17-31-28-21-33(41)34(42-3)19-25(28)12-14-39(31)2/h6-11,18-22,30-31,40-41H,12-17H2,1-5H3/t30-,31-/m0/s1. The molecule has 0 amide bonds. The van der Waals surface area contributed by atoms with E-state index in [9.17, 15) is 10.2 Å². The third kappa shape index (κ3) is 6.26. The molecule has 6 rings (SSSR count). The summed E-state index contributed by atoms with van der Waals surface area (Å²) in [6.07, 6.45) is 3.42. The Morgan fingerprint density at radius 3 is 1.76 bits per heavy atom. The average molecular weight is 611 g/mol. The highest BCUT2D eigenvalue weighted by molar-refractivity contribution is 5.51. The maximum Gasteiger partial charge on any atom is 0.169 e. The van der Waals surface area contributed by atoms with E-state index in [1.807, 2.05) is 36.4 Å². The van der Waals surface area contributed by atoms with Crippen LogP contribution >= 0.6 is 0 Å². The van der Waals surface area contributed by atoms with Crippen LogP contribution in [-0.2, 0) is 25.7 Å². The minimum atomic E-state index is 0.0753. The molecule has 4 aromatic carbocycles. The maximum absolute atomic E-state index is 10.7. The number of phenols is 2. The van der Waals surface area contributed by atoms with Gasteiger partial charge >= 0.3 is 0 Å². The fraction of sp³-hybridized carbons (Fsp3) is 0.351. The molecule has 8 nitrogen and oxygen atoms in total. The molecule has 0 saturated carbocycles. The lowest BCUT2D eigenvalue weighted by molar-refractivity contribution is 0.228. The Hall–Kier alpha value is -4.40. The smallest absolute Gasteiger partial charge is 0.169 e. The maximum atomic E-state index is 10.7. The molecule has 0 unspecified atom stereocenters. The van der Waals surface area contributed by atoms with E-state index in [1.54, 1.807) is 27.4 Å². The number of likely N-dealkylation sites (N-methyl/N-ethyl adjacent to an activating group) is 2. The van der Waals surface area contributed by atoms with Gasteiger partial charge in [-0.1, -0.05) is 18.2 Å². The second kappa shape index (κ2) is 12.9. The van der Waals surface area contributed by atoms with Crippen LogP contribution < -0.4 is 18.9 Å². The normalized spacial score (nSPS) is 18.2. The zero-order valence-electron chi connectivity index (χ0n) is 26.7. The van der Waals surface area contributed by atoms with Crippen LogP contribution in [0.3, 0.4) is 0 Å². The van der Waals surface area contributed by atoms with Crippen molar-refractivity contribution in [1.82, 2.24) is 9.80 Å². The molecule has 2 atom stereocenters. The highest BCUT2D eigenvalue weighted by Crippen LogP contribution is 2.41. The second-order valence-corrected chi connectivity index (χ2v) is 12.1. The zero-order chi connectivity index (χ0) is 31.7. The zero-order valence-corrected chi connectivity index (χ0v) is 26.7. The van der Waals surface area contributed by atoms with E-state index in [1.165, 1.54) is 22.3 Å². The molecule has 0 bridgehead atoms. The van der Waals surface area contributed by atoms with Gasteiger partial charge in [-0.3, -0.25) is 9.80 Å². The van der Waals surface area contributed by atoms with Crippen LogP contribution in [0.1, 0.15) is 45.5 Å². The Morgan fingerprint density at radius 2 is 1.13 bits per heavy atom. The van der Waals surface area contributed by atoms with E-state index in [2.05, 4.69) is 48.2 Å². The van der Waals surface area contributed by atoms with Crippen molar-refractivity contribution in [2.45, 2.75) is 37.8 Å². The number of phenolic OH excluding ortho intramolecular Hbond substituents is 2. The van der Waals surface area contributed by atoms with Gasteiger partial charge in [0.15, 0.2) is 34.5 Å². The monoisotopic (exact) mass is 610 g/mol. The van der Waals surface area contributed by atoms with Gasteiger partial charge in [0.05, 0.1) is 21.3 Å². The second-order valence-electron chi connectivity index (χ2n) is 12.1. The van der Waals surface area contributed by atoms with Gasteiger partial charge in [0.25, 0.3) is 0 Å². The Morgan fingerprint density at radius 1 is 0.600 bits per heavy atom. The molecular formula is C37H42N2O6. The van der Waals surface area contributed by atoms with Gasteiger partial charge in [0.2, 0.25) is 0 Å². The number of hydrogen-bond acceptors (Lipinski definition) is 8. The molecule has 0 radical (unpaired) electrons. The van der Waals surface area contributed by atoms with Crippen molar-refractivity contribution in [2.24, 2.45) is 0 Å². The fourth-order valence-electron chi connectivity index (χ4n) is 6.73. The van der Waals surface area contributed by atoms with Crippen LogP contribution in [0.15, 0.2) is 66.7 Å². The average Bonchev–Trinajstić information content (AvgIpc) is 3.05. The predicted octanol–water partition coefficient (Wildman–Crippen LogP) is 6.46. The van der Waals surface area contributed by atoms with E-state index < -0.39 is 0 Å². The van der Waals surface area contributed by atoms with Gasteiger partial charge in [-0.25, -0.2) is 0 Å². The molecule has 2 aliphatic rings. The molecule has 2 heterocycles. The summed E-state index contributed by atoms with van der Waals surface area (Å²) in [6.45, 7) is 1.88. The van der Waals surface area contributed by atoms with Crippen LogP contribution in [0.25, 0.3) is 0 Å². The number of rotatable bonds is 9. The number of ether oxygens (including phenoxy) is 4. The van der Waals surface area contributed by atoms with Gasteiger partial charge in [0.1, 0.15) is 5.75 Å². The molecule has 8 heteroatoms. The van der Waals surface area contributed by atoms with Crippen molar-refractivity contribution in [1.29, 1.82) is 0 Å². The van der Waals surface area contributed by atoms with Crippen molar-refractivity contribution in [3.05, 3.63) is 100 Å². The lowest BCUT2D eigenvalue weighted by atomic mass is 9.88. The van der Waals surface area contributed by atoms with Crippen LogP contribution in [-0.4, -0.2) is 68.5 Å². The summed E-state index contributed by atoms with van der Waals surface area (Å²) in [5.41, 5.74) is 7.07. The first kappa shape index (κ1) is 30.6. The Kier molecular flexibility index (Phi) is 8.79. The van der Waals surface area contributed by atoms with Crippen molar-refractivity contribution < 1.29 is 29.2 Å². The van der Waals surface area contributed by atoms with Gasteiger partial charge in [-0.15, -0.1) is 0 Å². The lowest BCUT2D eigenvalue weighted by Gasteiger charge is -2.35. The van der Waals surface area contributed by atoms with Gasteiger partial charge in [-0.2, -0.15) is 0 Å². The fourth-order valence-corrected chi connectivity index (χ4v) is 6.73. The number of hydrogen-bond donors (Lipinski definition) is 2. The van der Waals surface area contributed by atoms with Crippen LogP contribution in [0.2, 0.25) is 0 Å². The van der Waals surface area contributed by atoms with E-state index in [0.29, 0.717) is 23.7 Å². The van der Waals surface area contributed by atoms with Crippen molar-refractivity contribution in [3.8, 4) is 40.2 Å². The lowest BCUT2D eigenvalue weighted by Crippen LogP contribution is -2.33. The molecule has 0 saturated heterocycles. The summed E-state index contributed by atoms with van der Waals surface area (Å²) in [6, 6.07) is 21.9. The quantitative estimate of drug-likeness (QED) is 0.224. The molecule has 236 valence electrons. The van der Waals surface area contributed by atoms with Crippen LogP contribution in [0.5, 0.6) is 40.2 Å². The summed E-state index contributed by atoms with van der Waals surface area (Å²) in [5.74, 6) is 3.33. The highest BCUT2D eigenvalue weighted by Gasteiger charge is 2.28. The SMILES string of the molecule is COc1cc2c(cc1O)[C@H](Cc1ccc(O)c(Oc3ccc(C[C@H]4c5cc(OC)c(OC)cc5CCN4C)cc3)c1)N(C)CC2. The molecule has 4 aromatic rings. The van der Waals surface area contributed by atoms with Crippen LogP contribution in [0.4, 0.5) is 0 Å². The number of fused-ring (bicyclic) bond motifs is 2. The van der Waals surface area contributed by atoms with E-state index in [-0.39, 0.29) is 23.6 Å². The Labute approximate surface area is 265 Å². The van der Waals surface area contributed by atoms with Crippen LogP contribution in [0, 0.1) is 0 Å².